The summed E-state index contributed by atoms with van der Waals surface area (Å²) in [6.07, 6.45) is 8.70. The van der Waals surface area contributed by atoms with Gasteiger partial charge in [0.25, 0.3) is 5.91 Å². The molecular formula is C34H43ClN2O6S. The van der Waals surface area contributed by atoms with E-state index in [9.17, 15) is 19.2 Å². The van der Waals surface area contributed by atoms with Crippen LogP contribution in [0, 0.1) is 17.8 Å². The number of fused-ring (bicyclic) bond motifs is 4. The van der Waals surface area contributed by atoms with E-state index in [4.69, 9.17) is 21.1 Å². The van der Waals surface area contributed by atoms with Crippen molar-refractivity contribution in [1.29, 1.82) is 0 Å². The molecule has 2 N–H and O–H groups in total. The summed E-state index contributed by atoms with van der Waals surface area (Å²) < 4.78 is 29.8. The summed E-state index contributed by atoms with van der Waals surface area (Å²) in [5.41, 5.74) is 3.57. The molecule has 2 heterocycles. The lowest BCUT2D eigenvalue weighted by Gasteiger charge is -2.46. The van der Waals surface area contributed by atoms with E-state index < -0.39 is 22.6 Å². The minimum atomic E-state index is -2.06. The second kappa shape index (κ2) is 13.5. The number of thiol groups is 1. The van der Waals surface area contributed by atoms with Crippen LogP contribution in [0.15, 0.2) is 52.9 Å². The summed E-state index contributed by atoms with van der Waals surface area (Å²) in [6, 6.07) is 11.7. The summed E-state index contributed by atoms with van der Waals surface area (Å²) in [6.45, 7) is 3.71. The van der Waals surface area contributed by atoms with Gasteiger partial charge in [0.05, 0.1) is 31.6 Å². The van der Waals surface area contributed by atoms with Crippen LogP contribution in [-0.2, 0) is 27.2 Å². The Balaban J connectivity index is 1.40. The van der Waals surface area contributed by atoms with E-state index in [1.54, 1.807) is 6.07 Å². The van der Waals surface area contributed by atoms with Crippen molar-refractivity contribution >= 4 is 33.8 Å². The predicted molar refractivity (Wildman–Crippen MR) is 173 cm³/mol. The molecule has 1 fully saturated rings. The molecule has 0 aromatic heterocycles. The number of rotatable bonds is 4. The minimum absolute atomic E-state index is 0.0589. The van der Waals surface area contributed by atoms with Crippen LogP contribution in [0.1, 0.15) is 60.5 Å². The molecule has 2 unspecified atom stereocenters. The average molecular weight is 643 g/mol. The van der Waals surface area contributed by atoms with E-state index in [0.29, 0.717) is 30.3 Å². The summed E-state index contributed by atoms with van der Waals surface area (Å²) >= 11 is 6.41. The molecule has 2 bridgehead atoms. The van der Waals surface area contributed by atoms with E-state index in [2.05, 4.69) is 33.5 Å². The molecule has 238 valence electrons. The van der Waals surface area contributed by atoms with E-state index in [1.165, 1.54) is 11.1 Å². The lowest BCUT2D eigenvalue weighted by molar-refractivity contribution is -0.0585. The quantitative estimate of drug-likeness (QED) is 0.319. The molecule has 6 rings (SSSR count). The fourth-order valence-corrected chi connectivity index (χ4v) is 8.64. The number of aliphatic hydroxyl groups is 2. The lowest BCUT2D eigenvalue weighted by Crippen LogP contribution is -2.50. The third-order valence-corrected chi connectivity index (χ3v) is 11.4. The monoisotopic (exact) mass is 642 g/mol. The Morgan fingerprint density at radius 1 is 1.25 bits per heavy atom. The van der Waals surface area contributed by atoms with Gasteiger partial charge in [-0.3, -0.25) is 9.00 Å². The molecule has 2 aliphatic heterocycles. The zero-order valence-electron chi connectivity index (χ0n) is 25.2. The fraction of sp³-hybridized carbons (Fsp3) is 0.559. The zero-order valence-corrected chi connectivity index (χ0v) is 26.9. The number of allylic oxidation sites excluding steroid dienone is 1. The number of halogens is 1. The third-order valence-electron chi connectivity index (χ3n) is 9.86. The van der Waals surface area contributed by atoms with Crippen molar-refractivity contribution in [2.45, 2.75) is 63.1 Å². The van der Waals surface area contributed by atoms with Gasteiger partial charge in [0, 0.05) is 45.4 Å². The van der Waals surface area contributed by atoms with Crippen LogP contribution in [0.2, 0.25) is 5.02 Å². The van der Waals surface area contributed by atoms with Crippen molar-refractivity contribution in [2.24, 2.45) is 22.1 Å². The van der Waals surface area contributed by atoms with Gasteiger partial charge in [-0.1, -0.05) is 36.7 Å². The number of ether oxygens (including phenoxy) is 2. The number of carbonyl (C=O) groups excluding carboxylic acids is 1. The predicted octanol–water partition coefficient (Wildman–Crippen LogP) is 4.98. The molecule has 7 atom stereocenters. The number of nitrogens with zero attached hydrogens (tertiary/aromatic N) is 2. The molecule has 1 spiro atoms. The maximum atomic E-state index is 13.2. The Labute approximate surface area is 266 Å². The lowest BCUT2D eigenvalue weighted by atomic mass is 9.68. The van der Waals surface area contributed by atoms with Gasteiger partial charge in [0.1, 0.15) is 11.9 Å². The average Bonchev–Trinajstić information content (AvgIpc) is 3.14. The van der Waals surface area contributed by atoms with Gasteiger partial charge in [0.15, 0.2) is 0 Å². The SMILES string of the molecule is C[C@H]1C/C=C/[C@H](OCC(O)CO)[C@@H]2CC[C@H]2CN2C[C@@]3(CCCc4cc(Cl)ccc43)COc3ccc(cc32)C(=O)/N=[SH](=O)\C1. The highest BCUT2D eigenvalue weighted by atomic mass is 35.5. The molecule has 44 heavy (non-hydrogen) atoms. The fourth-order valence-electron chi connectivity index (χ4n) is 7.37. The van der Waals surface area contributed by atoms with Crippen molar-refractivity contribution in [3.05, 3.63) is 70.3 Å². The van der Waals surface area contributed by atoms with Crippen molar-refractivity contribution < 1.29 is 28.7 Å². The van der Waals surface area contributed by atoms with Crippen molar-refractivity contribution in [3.63, 3.8) is 0 Å². The molecule has 2 aromatic carbocycles. The Morgan fingerprint density at radius 2 is 2.11 bits per heavy atom. The van der Waals surface area contributed by atoms with Gasteiger partial charge in [-0.05, 0) is 97.7 Å². The summed E-state index contributed by atoms with van der Waals surface area (Å²) in [5.74, 6) is 1.21. The number of carbonyl (C=O) groups is 1. The van der Waals surface area contributed by atoms with Crippen LogP contribution >= 0.6 is 11.6 Å². The first kappa shape index (κ1) is 31.5. The van der Waals surface area contributed by atoms with Gasteiger partial charge in [-0.2, -0.15) is 4.36 Å². The van der Waals surface area contributed by atoms with E-state index in [1.807, 2.05) is 25.1 Å². The molecule has 8 nitrogen and oxygen atoms in total. The number of hydrogen-bond acceptors (Lipinski definition) is 7. The second-order valence-corrected chi connectivity index (χ2v) is 14.8. The van der Waals surface area contributed by atoms with Crippen LogP contribution < -0.4 is 9.64 Å². The maximum absolute atomic E-state index is 13.2. The summed E-state index contributed by atoms with van der Waals surface area (Å²) in [5, 5.41) is 20.2. The number of benzene rings is 2. The number of anilines is 1. The van der Waals surface area contributed by atoms with E-state index in [-0.39, 0.29) is 36.6 Å². The number of aliphatic hydroxyl groups excluding tert-OH is 2. The van der Waals surface area contributed by atoms with Gasteiger partial charge >= 0.3 is 0 Å². The van der Waals surface area contributed by atoms with Gasteiger partial charge in [-0.25, -0.2) is 0 Å². The van der Waals surface area contributed by atoms with Crippen LogP contribution in [0.4, 0.5) is 5.69 Å². The standard InChI is InChI=1S/C34H43ClN2O6S/c1-22-4-2-6-31(42-18-27(39)17-38)28-10-7-25(28)16-37-20-34(13-3-5-23-14-26(35)9-11-29(23)34)21-43-32-12-8-24(15-30(32)37)33(40)36-44(41)19-22/h2,6,8-9,11-12,14-15,22,25,27-28,31,38-39,44H,3-5,7,10,13,16-21H2,1H3/b6-2+/t22-,25-,27?,28+,31-,34-/m0/s1. The molecule has 2 aliphatic carbocycles. The zero-order chi connectivity index (χ0) is 30.8. The molecule has 10 heteroatoms. The van der Waals surface area contributed by atoms with E-state index in [0.717, 1.165) is 61.7 Å². The first-order valence-corrected chi connectivity index (χ1v) is 17.6. The largest absolute Gasteiger partial charge is 0.490 e. The first-order chi connectivity index (χ1) is 21.2. The number of aryl methyl sites for hydroxylation is 1. The van der Waals surface area contributed by atoms with Crippen LogP contribution in [-0.4, -0.2) is 71.2 Å². The molecule has 2 aromatic rings. The highest BCUT2D eigenvalue weighted by Crippen LogP contribution is 2.47. The van der Waals surface area contributed by atoms with E-state index >= 15 is 0 Å². The number of amides is 1. The smallest absolute Gasteiger partial charge is 0.284 e. The molecule has 1 saturated carbocycles. The van der Waals surface area contributed by atoms with Crippen molar-refractivity contribution in [2.75, 3.05) is 43.6 Å². The molecule has 1 amide bonds. The Morgan fingerprint density at radius 3 is 2.91 bits per heavy atom. The van der Waals surface area contributed by atoms with Crippen molar-refractivity contribution in [1.82, 2.24) is 0 Å². The Hall–Kier alpha value is -2.43. The van der Waals surface area contributed by atoms with Gasteiger partial charge in [0.2, 0.25) is 0 Å². The number of hydrogen-bond donors (Lipinski definition) is 3. The highest BCUT2D eigenvalue weighted by molar-refractivity contribution is 7.75. The molecule has 0 radical (unpaired) electrons. The Bertz CT molecular complexity index is 1490. The molecule has 4 aliphatic rings. The maximum Gasteiger partial charge on any atom is 0.284 e. The minimum Gasteiger partial charge on any atom is -0.490 e. The first-order valence-electron chi connectivity index (χ1n) is 15.8. The molecular weight excluding hydrogens is 600 g/mol. The molecule has 0 saturated heterocycles. The van der Waals surface area contributed by atoms with Gasteiger partial charge in [-0.15, -0.1) is 0 Å². The second-order valence-electron chi connectivity index (χ2n) is 13.1. The summed E-state index contributed by atoms with van der Waals surface area (Å²) in [4.78, 5) is 15.6. The van der Waals surface area contributed by atoms with Gasteiger partial charge < -0.3 is 24.6 Å². The van der Waals surface area contributed by atoms with Crippen LogP contribution in [0.5, 0.6) is 5.75 Å². The van der Waals surface area contributed by atoms with Crippen molar-refractivity contribution in [3.8, 4) is 5.75 Å². The highest BCUT2D eigenvalue weighted by Gasteiger charge is 2.44. The van der Waals surface area contributed by atoms with Crippen LogP contribution in [0.25, 0.3) is 0 Å². The summed E-state index contributed by atoms with van der Waals surface area (Å²) in [7, 11) is -2.06. The van der Waals surface area contributed by atoms with Crippen LogP contribution in [0.3, 0.4) is 0 Å². The normalized spacial score (nSPS) is 32.2. The third kappa shape index (κ3) is 6.72. The Kier molecular flexibility index (Phi) is 9.69. The topological polar surface area (TPSA) is 109 Å².